The first-order valence-corrected chi connectivity index (χ1v) is 7.50. The fourth-order valence-electron chi connectivity index (χ4n) is 1.91. The third-order valence-corrected chi connectivity index (χ3v) is 4.07. The molecule has 100 valence electrons. The Morgan fingerprint density at radius 2 is 1.79 bits per heavy atom. The van der Waals surface area contributed by atoms with Crippen LogP contribution in [0.25, 0.3) is 0 Å². The van der Waals surface area contributed by atoms with Gasteiger partial charge in [-0.3, -0.25) is 0 Å². The second-order valence-electron chi connectivity index (χ2n) is 4.52. The highest BCUT2D eigenvalue weighted by molar-refractivity contribution is 9.10. The Morgan fingerprint density at radius 1 is 1.05 bits per heavy atom. The van der Waals surface area contributed by atoms with E-state index in [2.05, 4.69) is 28.2 Å². The van der Waals surface area contributed by atoms with Crippen LogP contribution in [-0.2, 0) is 0 Å². The molecule has 0 saturated carbocycles. The first kappa shape index (κ1) is 14.7. The molecule has 1 nitrogen and oxygen atoms in total. The summed E-state index contributed by atoms with van der Waals surface area (Å²) in [6, 6.07) is 11.9. The molecule has 2 aromatic carbocycles. The lowest BCUT2D eigenvalue weighted by Crippen LogP contribution is -2.07. The first-order valence-electron chi connectivity index (χ1n) is 5.95. The van der Waals surface area contributed by atoms with Crippen molar-refractivity contribution in [2.24, 2.45) is 0 Å². The molecule has 0 bridgehead atoms. The topological polar surface area (TPSA) is 12.0 Å². The molecule has 0 spiro atoms. The van der Waals surface area contributed by atoms with Gasteiger partial charge in [0.2, 0.25) is 0 Å². The number of rotatable bonds is 3. The lowest BCUT2D eigenvalue weighted by molar-refractivity contribution is 0.884. The van der Waals surface area contributed by atoms with E-state index in [0.29, 0.717) is 5.02 Å². The zero-order valence-electron chi connectivity index (χ0n) is 10.7. The Balaban J connectivity index is 2.25. The Kier molecular flexibility index (Phi) is 4.77. The van der Waals surface area contributed by atoms with Gasteiger partial charge in [-0.1, -0.05) is 51.3 Å². The van der Waals surface area contributed by atoms with Crippen molar-refractivity contribution in [2.45, 2.75) is 19.9 Å². The van der Waals surface area contributed by atoms with E-state index in [1.165, 1.54) is 5.56 Å². The van der Waals surface area contributed by atoms with Crippen molar-refractivity contribution >= 4 is 44.8 Å². The number of benzene rings is 2. The van der Waals surface area contributed by atoms with Gasteiger partial charge in [-0.15, -0.1) is 0 Å². The highest BCUT2D eigenvalue weighted by atomic mass is 79.9. The van der Waals surface area contributed by atoms with E-state index in [9.17, 15) is 0 Å². The number of halogens is 3. The first-order chi connectivity index (χ1) is 8.97. The lowest BCUT2D eigenvalue weighted by atomic mass is 10.1. The van der Waals surface area contributed by atoms with E-state index in [1.807, 2.05) is 43.3 Å². The molecular weight excluding hydrogens is 345 g/mol. The maximum absolute atomic E-state index is 6.26. The fourth-order valence-corrected chi connectivity index (χ4v) is 2.92. The second kappa shape index (κ2) is 6.17. The maximum Gasteiger partial charge on any atom is 0.0637 e. The normalized spacial score (nSPS) is 12.3. The molecule has 0 radical (unpaired) electrons. The minimum Gasteiger partial charge on any atom is -0.377 e. The van der Waals surface area contributed by atoms with Crippen molar-refractivity contribution in [2.75, 3.05) is 5.32 Å². The number of hydrogen-bond acceptors (Lipinski definition) is 1. The van der Waals surface area contributed by atoms with Gasteiger partial charge in [-0.25, -0.2) is 0 Å². The lowest BCUT2D eigenvalue weighted by Gasteiger charge is -2.18. The van der Waals surface area contributed by atoms with Crippen LogP contribution >= 0.6 is 39.1 Å². The standard InChI is InChI=1S/C15H14BrCl2N/c1-9-3-6-13(17)15(7-9)19-10(2)12-5-4-11(16)8-14(12)18/h3-8,10,19H,1-2H3. The van der Waals surface area contributed by atoms with Crippen molar-refractivity contribution in [3.63, 3.8) is 0 Å². The van der Waals surface area contributed by atoms with Gasteiger partial charge in [-0.05, 0) is 49.2 Å². The number of hydrogen-bond donors (Lipinski definition) is 1. The van der Waals surface area contributed by atoms with Gasteiger partial charge >= 0.3 is 0 Å². The third-order valence-electron chi connectivity index (χ3n) is 2.92. The molecule has 1 unspecified atom stereocenters. The molecule has 2 rings (SSSR count). The molecule has 0 aliphatic heterocycles. The van der Waals surface area contributed by atoms with Crippen LogP contribution in [0.4, 0.5) is 5.69 Å². The highest BCUT2D eigenvalue weighted by Gasteiger charge is 2.11. The summed E-state index contributed by atoms with van der Waals surface area (Å²) in [7, 11) is 0. The molecule has 0 aromatic heterocycles. The van der Waals surface area contributed by atoms with Crippen LogP contribution in [0.2, 0.25) is 10.0 Å². The Hall–Kier alpha value is -0.700. The Morgan fingerprint density at radius 3 is 2.47 bits per heavy atom. The molecule has 1 atom stereocenters. The highest BCUT2D eigenvalue weighted by Crippen LogP contribution is 2.31. The van der Waals surface area contributed by atoms with Crippen molar-refractivity contribution in [3.8, 4) is 0 Å². The van der Waals surface area contributed by atoms with E-state index in [0.717, 1.165) is 20.7 Å². The molecule has 19 heavy (non-hydrogen) atoms. The summed E-state index contributed by atoms with van der Waals surface area (Å²) in [5.41, 5.74) is 3.14. The van der Waals surface area contributed by atoms with Gasteiger partial charge in [0.1, 0.15) is 0 Å². The van der Waals surface area contributed by atoms with Gasteiger partial charge in [0.15, 0.2) is 0 Å². The van der Waals surface area contributed by atoms with Crippen molar-refractivity contribution < 1.29 is 0 Å². The molecule has 1 N–H and O–H groups in total. The molecular formula is C15H14BrCl2N. The van der Waals surface area contributed by atoms with E-state index in [4.69, 9.17) is 23.2 Å². The van der Waals surface area contributed by atoms with Gasteiger partial charge in [0.25, 0.3) is 0 Å². The van der Waals surface area contributed by atoms with Crippen LogP contribution in [0.3, 0.4) is 0 Å². The van der Waals surface area contributed by atoms with E-state index < -0.39 is 0 Å². The summed E-state index contributed by atoms with van der Waals surface area (Å²) >= 11 is 15.9. The molecule has 0 aliphatic carbocycles. The van der Waals surface area contributed by atoms with Crippen LogP contribution in [-0.4, -0.2) is 0 Å². The van der Waals surface area contributed by atoms with E-state index >= 15 is 0 Å². The van der Waals surface area contributed by atoms with Crippen LogP contribution in [0.15, 0.2) is 40.9 Å². The van der Waals surface area contributed by atoms with Gasteiger partial charge in [0, 0.05) is 9.50 Å². The minimum absolute atomic E-state index is 0.0832. The van der Waals surface area contributed by atoms with Crippen LogP contribution in [0.5, 0.6) is 0 Å². The Labute approximate surface area is 132 Å². The predicted molar refractivity (Wildman–Crippen MR) is 87.4 cm³/mol. The van der Waals surface area contributed by atoms with E-state index in [-0.39, 0.29) is 6.04 Å². The summed E-state index contributed by atoms with van der Waals surface area (Å²) in [6.45, 7) is 4.10. The second-order valence-corrected chi connectivity index (χ2v) is 6.25. The number of aryl methyl sites for hydroxylation is 1. The SMILES string of the molecule is Cc1ccc(Cl)c(NC(C)c2ccc(Br)cc2Cl)c1. The predicted octanol–water partition coefficient (Wildman–Crippen LogP) is 6.24. The van der Waals surface area contributed by atoms with Crippen molar-refractivity contribution in [1.82, 2.24) is 0 Å². The van der Waals surface area contributed by atoms with Crippen molar-refractivity contribution in [1.29, 1.82) is 0 Å². The summed E-state index contributed by atoms with van der Waals surface area (Å²) in [4.78, 5) is 0. The van der Waals surface area contributed by atoms with Gasteiger partial charge in [-0.2, -0.15) is 0 Å². The average Bonchev–Trinajstić information content (AvgIpc) is 2.33. The molecule has 2 aromatic rings. The zero-order valence-corrected chi connectivity index (χ0v) is 13.8. The van der Waals surface area contributed by atoms with Crippen LogP contribution < -0.4 is 5.32 Å². The maximum atomic E-state index is 6.26. The van der Waals surface area contributed by atoms with Gasteiger partial charge in [0.05, 0.1) is 16.8 Å². The van der Waals surface area contributed by atoms with Gasteiger partial charge < -0.3 is 5.32 Å². The molecule has 0 saturated heterocycles. The average molecular weight is 359 g/mol. The molecule has 0 aliphatic rings. The van der Waals surface area contributed by atoms with E-state index in [1.54, 1.807) is 0 Å². The number of nitrogens with one attached hydrogen (secondary N) is 1. The Bertz CT molecular complexity index is 599. The summed E-state index contributed by atoms with van der Waals surface area (Å²) < 4.78 is 0.974. The summed E-state index contributed by atoms with van der Waals surface area (Å²) in [6.07, 6.45) is 0. The quantitative estimate of drug-likeness (QED) is 0.684. The molecule has 0 fully saturated rings. The molecule has 4 heteroatoms. The number of anilines is 1. The largest absolute Gasteiger partial charge is 0.377 e. The molecule has 0 heterocycles. The minimum atomic E-state index is 0.0832. The summed E-state index contributed by atoms with van der Waals surface area (Å²) in [5, 5.41) is 4.84. The van der Waals surface area contributed by atoms with Crippen molar-refractivity contribution in [3.05, 3.63) is 62.0 Å². The molecule has 0 amide bonds. The third kappa shape index (κ3) is 3.65. The van der Waals surface area contributed by atoms with Crippen LogP contribution in [0.1, 0.15) is 24.1 Å². The van der Waals surface area contributed by atoms with Crippen LogP contribution in [0, 0.1) is 6.92 Å². The smallest absolute Gasteiger partial charge is 0.0637 e. The fraction of sp³-hybridized carbons (Fsp3) is 0.200. The monoisotopic (exact) mass is 357 g/mol. The zero-order chi connectivity index (χ0) is 14.0. The summed E-state index contributed by atoms with van der Waals surface area (Å²) in [5.74, 6) is 0.